The second kappa shape index (κ2) is 8.51. The number of pyridine rings is 1. The average molecular weight is 415 g/mol. The fraction of sp³-hybridized carbons (Fsp3) is 0.429. The standard InChI is InChI=1S/C21H26N4O3S/c26-21(23-18-9-10-20(22-16-18)24-11-2-1-3-12-24)17-7-6-8-19(15-17)29(27,28)25-13-4-5-14-25/h6-10,15-16H,1-5,11-14H2,(H,23,26). The summed E-state index contributed by atoms with van der Waals surface area (Å²) in [6.07, 6.45) is 7.01. The molecule has 8 heteroatoms. The Bertz CT molecular complexity index is 964. The third-order valence-electron chi connectivity index (χ3n) is 5.48. The van der Waals surface area contributed by atoms with E-state index < -0.39 is 10.0 Å². The van der Waals surface area contributed by atoms with Gasteiger partial charge in [-0.05, 0) is 62.4 Å². The number of piperidine rings is 1. The third kappa shape index (κ3) is 4.43. The zero-order valence-corrected chi connectivity index (χ0v) is 17.2. The lowest BCUT2D eigenvalue weighted by Gasteiger charge is -2.27. The average Bonchev–Trinajstić information content (AvgIpc) is 3.31. The number of carbonyl (C=O) groups excluding carboxylic acids is 1. The molecule has 0 saturated carbocycles. The first-order valence-corrected chi connectivity index (χ1v) is 11.6. The van der Waals surface area contributed by atoms with Gasteiger partial charge < -0.3 is 10.2 Å². The van der Waals surface area contributed by atoms with Gasteiger partial charge in [-0.3, -0.25) is 4.79 Å². The number of carbonyl (C=O) groups is 1. The van der Waals surface area contributed by atoms with Crippen molar-refractivity contribution in [1.29, 1.82) is 0 Å². The van der Waals surface area contributed by atoms with Crippen molar-refractivity contribution in [3.63, 3.8) is 0 Å². The molecule has 154 valence electrons. The highest BCUT2D eigenvalue weighted by atomic mass is 32.2. The largest absolute Gasteiger partial charge is 0.357 e. The van der Waals surface area contributed by atoms with Crippen molar-refractivity contribution in [3.05, 3.63) is 48.2 Å². The molecule has 2 fully saturated rings. The number of hydrogen-bond donors (Lipinski definition) is 1. The molecule has 0 aliphatic carbocycles. The van der Waals surface area contributed by atoms with Gasteiger partial charge in [-0.15, -0.1) is 0 Å². The predicted octanol–water partition coefficient (Wildman–Crippen LogP) is 3.11. The predicted molar refractivity (Wildman–Crippen MR) is 113 cm³/mol. The molecule has 0 atom stereocenters. The van der Waals surface area contributed by atoms with Crippen LogP contribution in [0, 0.1) is 0 Å². The van der Waals surface area contributed by atoms with Gasteiger partial charge >= 0.3 is 0 Å². The van der Waals surface area contributed by atoms with E-state index in [4.69, 9.17) is 0 Å². The normalized spacial score (nSPS) is 18.0. The summed E-state index contributed by atoms with van der Waals surface area (Å²) in [4.78, 5) is 19.5. The first-order chi connectivity index (χ1) is 14.0. The number of sulfonamides is 1. The second-order valence-corrected chi connectivity index (χ2v) is 9.48. The lowest BCUT2D eigenvalue weighted by atomic mass is 10.1. The van der Waals surface area contributed by atoms with E-state index in [0.717, 1.165) is 31.7 Å². The molecule has 1 aromatic carbocycles. The third-order valence-corrected chi connectivity index (χ3v) is 7.38. The van der Waals surface area contributed by atoms with E-state index >= 15 is 0 Å². The van der Waals surface area contributed by atoms with Crippen molar-refractivity contribution in [2.24, 2.45) is 0 Å². The molecule has 1 aromatic heterocycles. The van der Waals surface area contributed by atoms with Gasteiger partial charge in [0.1, 0.15) is 5.82 Å². The van der Waals surface area contributed by atoms with Gasteiger partial charge in [-0.2, -0.15) is 4.31 Å². The monoisotopic (exact) mass is 414 g/mol. The van der Waals surface area contributed by atoms with Crippen molar-refractivity contribution in [2.75, 3.05) is 36.4 Å². The maximum Gasteiger partial charge on any atom is 0.255 e. The van der Waals surface area contributed by atoms with E-state index in [1.165, 1.54) is 29.6 Å². The van der Waals surface area contributed by atoms with Crippen LogP contribution in [-0.2, 0) is 10.0 Å². The van der Waals surface area contributed by atoms with Gasteiger partial charge in [0.15, 0.2) is 0 Å². The van der Waals surface area contributed by atoms with E-state index in [1.54, 1.807) is 24.4 Å². The molecule has 4 rings (SSSR count). The maximum absolute atomic E-state index is 12.7. The first-order valence-electron chi connectivity index (χ1n) is 10.2. The van der Waals surface area contributed by atoms with Crippen LogP contribution in [0.5, 0.6) is 0 Å². The zero-order valence-electron chi connectivity index (χ0n) is 16.4. The number of hydrogen-bond acceptors (Lipinski definition) is 5. The Hall–Kier alpha value is -2.45. The molecule has 2 aromatic rings. The Morgan fingerprint density at radius 3 is 2.34 bits per heavy atom. The minimum atomic E-state index is -3.55. The Labute approximate surface area is 171 Å². The number of nitrogens with one attached hydrogen (secondary N) is 1. The summed E-state index contributed by atoms with van der Waals surface area (Å²) in [6, 6.07) is 9.95. The van der Waals surface area contributed by atoms with E-state index in [0.29, 0.717) is 24.3 Å². The topological polar surface area (TPSA) is 82.6 Å². The highest BCUT2D eigenvalue weighted by Crippen LogP contribution is 2.23. The lowest BCUT2D eigenvalue weighted by molar-refractivity contribution is 0.102. The van der Waals surface area contributed by atoms with Crippen LogP contribution >= 0.6 is 0 Å². The van der Waals surface area contributed by atoms with Gasteiger partial charge in [0.25, 0.3) is 5.91 Å². The SMILES string of the molecule is O=C(Nc1ccc(N2CCCCC2)nc1)c1cccc(S(=O)(=O)N2CCCC2)c1. The summed E-state index contributed by atoms with van der Waals surface area (Å²) in [5.41, 5.74) is 0.897. The quantitative estimate of drug-likeness (QED) is 0.813. The van der Waals surface area contributed by atoms with Crippen molar-refractivity contribution >= 4 is 27.4 Å². The van der Waals surface area contributed by atoms with E-state index in [2.05, 4.69) is 15.2 Å². The summed E-state index contributed by atoms with van der Waals surface area (Å²) in [5.74, 6) is 0.567. The Morgan fingerprint density at radius 2 is 1.66 bits per heavy atom. The number of aromatic nitrogens is 1. The van der Waals surface area contributed by atoms with Gasteiger partial charge in [0, 0.05) is 31.7 Å². The summed E-state index contributed by atoms with van der Waals surface area (Å²) >= 11 is 0. The minimum absolute atomic E-state index is 0.158. The summed E-state index contributed by atoms with van der Waals surface area (Å²) in [7, 11) is -3.55. The molecular weight excluding hydrogens is 388 g/mol. The molecule has 29 heavy (non-hydrogen) atoms. The molecule has 0 bridgehead atoms. The molecule has 2 saturated heterocycles. The molecule has 0 unspecified atom stereocenters. The molecular formula is C21H26N4O3S. The number of amides is 1. The van der Waals surface area contributed by atoms with Crippen LogP contribution in [0.4, 0.5) is 11.5 Å². The van der Waals surface area contributed by atoms with Crippen molar-refractivity contribution in [2.45, 2.75) is 37.0 Å². The molecule has 2 aliphatic rings. The van der Waals surface area contributed by atoms with Crippen molar-refractivity contribution in [1.82, 2.24) is 9.29 Å². The first kappa shape index (κ1) is 19.8. The van der Waals surface area contributed by atoms with Crippen LogP contribution in [0.15, 0.2) is 47.5 Å². The van der Waals surface area contributed by atoms with Crippen LogP contribution in [0.2, 0.25) is 0 Å². The van der Waals surface area contributed by atoms with Gasteiger partial charge in [-0.1, -0.05) is 6.07 Å². The fourth-order valence-electron chi connectivity index (χ4n) is 3.85. The van der Waals surface area contributed by atoms with Crippen molar-refractivity contribution in [3.8, 4) is 0 Å². The Morgan fingerprint density at radius 1 is 0.931 bits per heavy atom. The van der Waals surface area contributed by atoms with Crippen LogP contribution in [0.25, 0.3) is 0 Å². The number of nitrogens with zero attached hydrogens (tertiary/aromatic N) is 3. The highest BCUT2D eigenvalue weighted by Gasteiger charge is 2.27. The molecule has 3 heterocycles. The second-order valence-electron chi connectivity index (χ2n) is 7.55. The number of anilines is 2. The number of benzene rings is 1. The molecule has 1 amide bonds. The minimum Gasteiger partial charge on any atom is -0.357 e. The van der Waals surface area contributed by atoms with Gasteiger partial charge in [0.05, 0.1) is 16.8 Å². The molecule has 7 nitrogen and oxygen atoms in total. The van der Waals surface area contributed by atoms with Crippen LogP contribution in [-0.4, -0.2) is 49.8 Å². The van der Waals surface area contributed by atoms with E-state index in [9.17, 15) is 13.2 Å². The smallest absolute Gasteiger partial charge is 0.255 e. The Balaban J connectivity index is 1.46. The van der Waals surface area contributed by atoms with Crippen LogP contribution in [0.1, 0.15) is 42.5 Å². The Kier molecular flexibility index (Phi) is 5.82. The summed E-state index contributed by atoms with van der Waals surface area (Å²) in [6.45, 7) is 3.09. The van der Waals surface area contributed by atoms with Crippen LogP contribution < -0.4 is 10.2 Å². The zero-order chi connectivity index (χ0) is 20.3. The highest BCUT2D eigenvalue weighted by molar-refractivity contribution is 7.89. The fourth-order valence-corrected chi connectivity index (χ4v) is 5.41. The molecule has 0 spiro atoms. The number of rotatable bonds is 5. The molecule has 0 radical (unpaired) electrons. The molecule has 2 aliphatic heterocycles. The molecule has 1 N–H and O–H groups in total. The van der Waals surface area contributed by atoms with E-state index in [-0.39, 0.29) is 10.8 Å². The van der Waals surface area contributed by atoms with Crippen molar-refractivity contribution < 1.29 is 13.2 Å². The maximum atomic E-state index is 12.7. The van der Waals surface area contributed by atoms with Crippen LogP contribution in [0.3, 0.4) is 0 Å². The summed E-state index contributed by atoms with van der Waals surface area (Å²) in [5, 5.41) is 2.81. The lowest BCUT2D eigenvalue weighted by Crippen LogP contribution is -2.30. The van der Waals surface area contributed by atoms with Gasteiger partial charge in [0.2, 0.25) is 10.0 Å². The van der Waals surface area contributed by atoms with Gasteiger partial charge in [-0.25, -0.2) is 13.4 Å². The van der Waals surface area contributed by atoms with E-state index in [1.807, 2.05) is 12.1 Å². The summed E-state index contributed by atoms with van der Waals surface area (Å²) < 4.78 is 26.9.